The average molecular weight is 252 g/mol. The van der Waals surface area contributed by atoms with Crippen LogP contribution in [0, 0.1) is 5.82 Å². The van der Waals surface area contributed by atoms with Crippen LogP contribution in [0.1, 0.15) is 19.4 Å². The van der Waals surface area contributed by atoms with E-state index in [1.54, 1.807) is 12.1 Å². The van der Waals surface area contributed by atoms with Crippen LogP contribution < -0.4 is 10.6 Å². The third-order valence-electron chi connectivity index (χ3n) is 3.16. The third kappa shape index (κ3) is 3.21. The van der Waals surface area contributed by atoms with Crippen molar-refractivity contribution in [1.29, 1.82) is 0 Å². The predicted molar refractivity (Wildman–Crippen MR) is 71.4 cm³/mol. The molecule has 18 heavy (non-hydrogen) atoms. The van der Waals surface area contributed by atoms with Gasteiger partial charge in [-0.05, 0) is 50.6 Å². The number of morpholine rings is 1. The molecule has 1 aromatic rings. The van der Waals surface area contributed by atoms with Gasteiger partial charge in [-0.3, -0.25) is 0 Å². The van der Waals surface area contributed by atoms with Gasteiger partial charge in [0.05, 0.1) is 12.2 Å². The molecule has 1 aromatic carbocycles. The first-order valence-corrected chi connectivity index (χ1v) is 6.48. The Hall–Kier alpha value is -1.13. The lowest BCUT2D eigenvalue weighted by Crippen LogP contribution is -2.45. The topological polar surface area (TPSA) is 38.5 Å². The second kappa shape index (κ2) is 5.67. The molecule has 0 radical (unpaired) electrons. The molecule has 100 valence electrons. The lowest BCUT2D eigenvalue weighted by molar-refractivity contribution is -0.00523. The van der Waals surface area contributed by atoms with Crippen LogP contribution in [0.4, 0.5) is 10.1 Å². The minimum absolute atomic E-state index is 0.176. The minimum atomic E-state index is -0.192. The van der Waals surface area contributed by atoms with Crippen LogP contribution in [0.5, 0.6) is 0 Å². The zero-order valence-corrected chi connectivity index (χ0v) is 11.0. The Morgan fingerprint density at radius 3 is 2.56 bits per heavy atom. The highest BCUT2D eigenvalue weighted by Gasteiger charge is 2.22. The zero-order chi connectivity index (χ0) is 13.1. The number of hydrogen-bond donors (Lipinski definition) is 1. The first-order valence-electron chi connectivity index (χ1n) is 6.48. The van der Waals surface area contributed by atoms with Gasteiger partial charge in [-0.15, -0.1) is 0 Å². The fourth-order valence-electron chi connectivity index (χ4n) is 2.52. The summed E-state index contributed by atoms with van der Waals surface area (Å²) in [6.45, 7) is 6.23. The van der Waals surface area contributed by atoms with E-state index in [0.717, 1.165) is 24.3 Å². The van der Waals surface area contributed by atoms with E-state index in [4.69, 9.17) is 10.5 Å². The molecule has 0 saturated carbocycles. The first kappa shape index (κ1) is 13.3. The van der Waals surface area contributed by atoms with Gasteiger partial charge in [-0.25, -0.2) is 4.39 Å². The Labute approximate surface area is 108 Å². The normalized spacial score (nSPS) is 24.3. The maximum atomic E-state index is 13.6. The number of hydrogen-bond acceptors (Lipinski definition) is 3. The quantitative estimate of drug-likeness (QED) is 0.893. The van der Waals surface area contributed by atoms with Crippen molar-refractivity contribution in [3.63, 3.8) is 0 Å². The molecular formula is C14H21FN2O. The van der Waals surface area contributed by atoms with Crippen LogP contribution in [-0.2, 0) is 11.2 Å². The van der Waals surface area contributed by atoms with Gasteiger partial charge >= 0.3 is 0 Å². The predicted octanol–water partition coefficient (Wildman–Crippen LogP) is 1.94. The minimum Gasteiger partial charge on any atom is -0.372 e. The molecule has 2 N–H and O–H groups in total. The van der Waals surface area contributed by atoms with E-state index in [1.807, 2.05) is 19.9 Å². The Bertz CT molecular complexity index is 401. The van der Waals surface area contributed by atoms with E-state index in [-0.39, 0.29) is 18.0 Å². The smallest absolute Gasteiger partial charge is 0.125 e. The first-order chi connectivity index (χ1) is 8.58. The molecule has 2 atom stereocenters. The number of nitrogens with two attached hydrogens (primary N) is 1. The van der Waals surface area contributed by atoms with Crippen LogP contribution in [0.15, 0.2) is 18.2 Å². The lowest BCUT2D eigenvalue weighted by Gasteiger charge is -2.37. The number of nitrogens with zero attached hydrogens (tertiary/aromatic N) is 1. The van der Waals surface area contributed by atoms with Crippen molar-refractivity contribution in [3.8, 4) is 0 Å². The van der Waals surface area contributed by atoms with Crippen molar-refractivity contribution < 1.29 is 9.13 Å². The van der Waals surface area contributed by atoms with Crippen molar-refractivity contribution in [3.05, 3.63) is 29.6 Å². The van der Waals surface area contributed by atoms with E-state index >= 15 is 0 Å². The fourth-order valence-corrected chi connectivity index (χ4v) is 2.52. The van der Waals surface area contributed by atoms with E-state index in [0.29, 0.717) is 13.0 Å². The van der Waals surface area contributed by atoms with Crippen molar-refractivity contribution in [2.45, 2.75) is 32.5 Å². The monoisotopic (exact) mass is 252 g/mol. The summed E-state index contributed by atoms with van der Waals surface area (Å²) >= 11 is 0. The van der Waals surface area contributed by atoms with Gasteiger partial charge in [0.2, 0.25) is 0 Å². The van der Waals surface area contributed by atoms with Crippen molar-refractivity contribution >= 4 is 5.69 Å². The molecule has 0 aliphatic carbocycles. The lowest BCUT2D eigenvalue weighted by atomic mass is 10.1. The van der Waals surface area contributed by atoms with E-state index in [1.165, 1.54) is 0 Å². The van der Waals surface area contributed by atoms with Crippen LogP contribution in [0.3, 0.4) is 0 Å². The molecule has 0 bridgehead atoms. The summed E-state index contributed by atoms with van der Waals surface area (Å²) < 4.78 is 19.3. The van der Waals surface area contributed by atoms with Crippen molar-refractivity contribution in [1.82, 2.24) is 0 Å². The third-order valence-corrected chi connectivity index (χ3v) is 3.16. The molecule has 1 saturated heterocycles. The Morgan fingerprint density at radius 1 is 1.28 bits per heavy atom. The highest BCUT2D eigenvalue weighted by molar-refractivity contribution is 5.49. The van der Waals surface area contributed by atoms with Crippen LogP contribution in [0.25, 0.3) is 0 Å². The van der Waals surface area contributed by atoms with Gasteiger partial charge in [0.1, 0.15) is 5.82 Å². The Balaban J connectivity index is 2.21. The summed E-state index contributed by atoms with van der Waals surface area (Å²) in [6, 6.07) is 5.18. The second-order valence-electron chi connectivity index (χ2n) is 5.02. The summed E-state index contributed by atoms with van der Waals surface area (Å²) in [5.41, 5.74) is 7.42. The van der Waals surface area contributed by atoms with Crippen LogP contribution in [-0.4, -0.2) is 31.8 Å². The molecule has 0 aromatic heterocycles. The summed E-state index contributed by atoms with van der Waals surface area (Å²) in [4.78, 5) is 2.18. The van der Waals surface area contributed by atoms with Gasteiger partial charge in [0, 0.05) is 18.8 Å². The molecule has 1 fully saturated rings. The van der Waals surface area contributed by atoms with Gasteiger partial charge < -0.3 is 15.4 Å². The molecule has 0 spiro atoms. The van der Waals surface area contributed by atoms with Gasteiger partial charge in [-0.1, -0.05) is 0 Å². The second-order valence-corrected chi connectivity index (χ2v) is 5.02. The molecule has 1 aliphatic heterocycles. The van der Waals surface area contributed by atoms with E-state index in [9.17, 15) is 4.39 Å². The SMILES string of the molecule is CC1CN(c2cc(F)cc(CCN)c2)CC(C)O1. The Kier molecular flexibility index (Phi) is 4.19. The maximum absolute atomic E-state index is 13.6. The molecule has 1 aliphatic rings. The van der Waals surface area contributed by atoms with E-state index in [2.05, 4.69) is 4.90 Å². The molecule has 2 unspecified atom stereocenters. The summed E-state index contributed by atoms with van der Waals surface area (Å²) in [7, 11) is 0. The number of rotatable bonds is 3. The number of benzene rings is 1. The summed E-state index contributed by atoms with van der Waals surface area (Å²) in [6.07, 6.45) is 1.06. The number of halogens is 1. The van der Waals surface area contributed by atoms with Crippen LogP contribution >= 0.6 is 0 Å². The molecule has 2 rings (SSSR count). The summed E-state index contributed by atoms with van der Waals surface area (Å²) in [5, 5.41) is 0. The van der Waals surface area contributed by atoms with E-state index < -0.39 is 0 Å². The highest BCUT2D eigenvalue weighted by atomic mass is 19.1. The summed E-state index contributed by atoms with van der Waals surface area (Å²) in [5.74, 6) is -0.192. The zero-order valence-electron chi connectivity index (χ0n) is 11.0. The molecule has 1 heterocycles. The standard InChI is InChI=1S/C14H21FN2O/c1-10-8-17(9-11(2)18-10)14-6-12(3-4-16)5-13(15)7-14/h5-7,10-11H,3-4,8-9,16H2,1-2H3. The molecule has 3 nitrogen and oxygen atoms in total. The van der Waals surface area contributed by atoms with Gasteiger partial charge in [-0.2, -0.15) is 0 Å². The number of anilines is 1. The maximum Gasteiger partial charge on any atom is 0.125 e. The largest absolute Gasteiger partial charge is 0.372 e. The van der Waals surface area contributed by atoms with Gasteiger partial charge in [0.15, 0.2) is 0 Å². The highest BCUT2D eigenvalue weighted by Crippen LogP contribution is 2.23. The molecule has 0 amide bonds. The molecular weight excluding hydrogens is 231 g/mol. The average Bonchev–Trinajstić information content (AvgIpc) is 2.27. The Morgan fingerprint density at radius 2 is 1.94 bits per heavy atom. The fraction of sp³-hybridized carbons (Fsp3) is 0.571. The van der Waals surface area contributed by atoms with Crippen LogP contribution in [0.2, 0.25) is 0 Å². The van der Waals surface area contributed by atoms with Gasteiger partial charge in [0.25, 0.3) is 0 Å². The number of ether oxygens (including phenoxy) is 1. The molecule has 4 heteroatoms. The van der Waals surface area contributed by atoms with Crippen molar-refractivity contribution in [2.75, 3.05) is 24.5 Å². The van der Waals surface area contributed by atoms with Crippen molar-refractivity contribution in [2.24, 2.45) is 5.73 Å².